The minimum atomic E-state index is -0.511. The number of hydrogen-bond acceptors (Lipinski definition) is 3. The molecule has 0 aromatic heterocycles. The lowest BCUT2D eigenvalue weighted by atomic mass is 10.0. The fourth-order valence-electron chi connectivity index (χ4n) is 2.99. The van der Waals surface area contributed by atoms with Gasteiger partial charge in [-0.15, -0.1) is 0 Å². The summed E-state index contributed by atoms with van der Waals surface area (Å²) >= 11 is 0. The maximum atomic E-state index is 13.0. The first-order chi connectivity index (χ1) is 12.0. The Bertz CT molecular complexity index is 894. The van der Waals surface area contributed by atoms with Gasteiger partial charge in [-0.05, 0) is 37.6 Å². The van der Waals surface area contributed by atoms with Crippen molar-refractivity contribution in [1.29, 1.82) is 0 Å². The van der Waals surface area contributed by atoms with E-state index in [4.69, 9.17) is 4.74 Å². The maximum absolute atomic E-state index is 13.0. The summed E-state index contributed by atoms with van der Waals surface area (Å²) in [6.45, 7) is 3.74. The lowest BCUT2D eigenvalue weighted by Crippen LogP contribution is -2.24. The molecule has 1 aliphatic rings. The number of nitrogens with zero attached hydrogens (tertiary/aromatic N) is 1. The summed E-state index contributed by atoms with van der Waals surface area (Å²) in [4.78, 5) is 26.9. The van der Waals surface area contributed by atoms with Gasteiger partial charge >= 0.3 is 5.97 Å². The lowest BCUT2D eigenvalue weighted by molar-refractivity contribution is -0.136. The van der Waals surface area contributed by atoms with Crippen LogP contribution >= 0.6 is 0 Å². The smallest absolute Gasteiger partial charge is 0.340 e. The molecular weight excluding hydrogens is 314 g/mol. The Morgan fingerprint density at radius 2 is 1.76 bits per heavy atom. The van der Waals surface area contributed by atoms with E-state index < -0.39 is 5.97 Å². The molecule has 1 aliphatic heterocycles. The third-order valence-electron chi connectivity index (χ3n) is 4.16. The van der Waals surface area contributed by atoms with E-state index in [0.29, 0.717) is 16.8 Å². The van der Waals surface area contributed by atoms with Crippen LogP contribution in [-0.4, -0.2) is 19.0 Å². The Morgan fingerprint density at radius 1 is 1.04 bits per heavy atom. The maximum Gasteiger partial charge on any atom is 0.340 e. The summed E-state index contributed by atoms with van der Waals surface area (Å²) in [5.74, 6) is -0.742. The number of rotatable bonds is 3. The van der Waals surface area contributed by atoms with Gasteiger partial charge in [0.1, 0.15) is 0 Å². The number of ether oxygens (including phenoxy) is 1. The van der Waals surface area contributed by atoms with Crippen LogP contribution in [0.15, 0.2) is 71.4 Å². The molecule has 25 heavy (non-hydrogen) atoms. The zero-order valence-corrected chi connectivity index (χ0v) is 14.4. The van der Waals surface area contributed by atoms with Gasteiger partial charge in [0.15, 0.2) is 0 Å². The van der Waals surface area contributed by atoms with Crippen molar-refractivity contribution in [2.24, 2.45) is 0 Å². The highest BCUT2D eigenvalue weighted by molar-refractivity contribution is 6.23. The molecule has 4 heteroatoms. The molecule has 4 nitrogen and oxygen atoms in total. The number of methoxy groups -OCH3 is 1. The first-order valence-corrected chi connectivity index (χ1v) is 8.00. The second-order valence-corrected chi connectivity index (χ2v) is 5.90. The highest BCUT2D eigenvalue weighted by Gasteiger charge is 2.37. The summed E-state index contributed by atoms with van der Waals surface area (Å²) in [5, 5.41) is 0. The van der Waals surface area contributed by atoms with Crippen LogP contribution in [0.1, 0.15) is 18.1 Å². The van der Waals surface area contributed by atoms with Crippen molar-refractivity contribution < 1.29 is 14.3 Å². The molecule has 0 atom stereocenters. The largest absolute Gasteiger partial charge is 0.465 e. The van der Waals surface area contributed by atoms with Crippen molar-refractivity contribution in [2.45, 2.75) is 13.8 Å². The number of hydrogen-bond donors (Lipinski definition) is 0. The monoisotopic (exact) mass is 333 g/mol. The Labute approximate surface area is 147 Å². The summed E-state index contributed by atoms with van der Waals surface area (Å²) in [6.07, 6.45) is 1.74. The standard InChI is InChI=1S/C21H19NO3/c1-14-8-7-9-16(12-14)13-18-19(21(24)25-3)15(2)22(20(18)23)17-10-5-4-6-11-17/h4-13H,1-3H3. The number of amides is 1. The number of carbonyl (C=O) groups is 2. The summed E-state index contributed by atoms with van der Waals surface area (Å²) in [7, 11) is 1.32. The number of benzene rings is 2. The van der Waals surface area contributed by atoms with Crippen LogP contribution in [0.5, 0.6) is 0 Å². The highest BCUT2D eigenvalue weighted by Crippen LogP contribution is 2.35. The van der Waals surface area contributed by atoms with Crippen LogP contribution in [0.2, 0.25) is 0 Å². The predicted molar refractivity (Wildman–Crippen MR) is 97.8 cm³/mol. The molecule has 0 aliphatic carbocycles. The number of carbonyl (C=O) groups excluding carboxylic acids is 2. The normalized spacial score (nSPS) is 15.9. The minimum absolute atomic E-state index is 0.231. The van der Waals surface area contributed by atoms with Gasteiger partial charge in [0.25, 0.3) is 5.91 Å². The highest BCUT2D eigenvalue weighted by atomic mass is 16.5. The van der Waals surface area contributed by atoms with Gasteiger partial charge in [0.05, 0.1) is 18.3 Å². The van der Waals surface area contributed by atoms with Crippen LogP contribution in [0, 0.1) is 6.92 Å². The number of esters is 1. The molecule has 0 saturated carbocycles. The predicted octanol–water partition coefficient (Wildman–Crippen LogP) is 3.87. The van der Waals surface area contributed by atoms with Crippen LogP contribution in [0.25, 0.3) is 6.08 Å². The van der Waals surface area contributed by atoms with Crippen LogP contribution in [-0.2, 0) is 14.3 Å². The van der Waals surface area contributed by atoms with Crippen molar-refractivity contribution in [2.75, 3.05) is 12.0 Å². The molecule has 0 bridgehead atoms. The van der Waals surface area contributed by atoms with Gasteiger partial charge in [0.2, 0.25) is 0 Å². The molecule has 0 N–H and O–H groups in total. The topological polar surface area (TPSA) is 46.6 Å². The first kappa shape index (κ1) is 16.7. The second kappa shape index (κ2) is 6.77. The van der Waals surface area contributed by atoms with Crippen LogP contribution in [0.4, 0.5) is 5.69 Å². The molecule has 0 spiro atoms. The Hall–Kier alpha value is -3.14. The van der Waals surface area contributed by atoms with Gasteiger partial charge in [0, 0.05) is 11.4 Å². The SMILES string of the molecule is COC(=O)C1=C(C)N(c2ccccc2)C(=O)C1=Cc1cccc(C)c1. The molecule has 1 amide bonds. The molecule has 126 valence electrons. The second-order valence-electron chi connectivity index (χ2n) is 5.90. The molecule has 3 rings (SSSR count). The summed E-state index contributed by atoms with van der Waals surface area (Å²) in [5.41, 5.74) is 3.89. The van der Waals surface area contributed by atoms with E-state index in [1.165, 1.54) is 7.11 Å². The molecule has 0 saturated heterocycles. The van der Waals surface area contributed by atoms with E-state index >= 15 is 0 Å². The lowest BCUT2D eigenvalue weighted by Gasteiger charge is -2.17. The molecule has 1 heterocycles. The molecule has 0 fully saturated rings. The molecular formula is C21H19NO3. The van der Waals surface area contributed by atoms with Gasteiger partial charge in [-0.1, -0.05) is 48.0 Å². The van der Waals surface area contributed by atoms with Crippen molar-refractivity contribution in [3.8, 4) is 0 Å². The molecule has 0 radical (unpaired) electrons. The van der Waals surface area contributed by atoms with Crippen LogP contribution in [0.3, 0.4) is 0 Å². The number of aryl methyl sites for hydroxylation is 1. The van der Waals surface area contributed by atoms with Crippen molar-refractivity contribution in [3.63, 3.8) is 0 Å². The van der Waals surface area contributed by atoms with Gasteiger partial charge in [-0.25, -0.2) is 4.79 Å². The van der Waals surface area contributed by atoms with Gasteiger partial charge in [-0.3, -0.25) is 9.69 Å². The Balaban J connectivity index is 2.14. The molecule has 2 aromatic rings. The van der Waals surface area contributed by atoms with E-state index in [1.54, 1.807) is 17.9 Å². The zero-order valence-electron chi connectivity index (χ0n) is 14.4. The van der Waals surface area contributed by atoms with Crippen molar-refractivity contribution in [3.05, 3.63) is 82.6 Å². The van der Waals surface area contributed by atoms with E-state index in [0.717, 1.165) is 16.8 Å². The van der Waals surface area contributed by atoms with E-state index in [-0.39, 0.29) is 5.91 Å². The summed E-state index contributed by atoms with van der Waals surface area (Å²) < 4.78 is 4.91. The third-order valence-corrected chi connectivity index (χ3v) is 4.16. The number of anilines is 1. The first-order valence-electron chi connectivity index (χ1n) is 8.00. The fourth-order valence-corrected chi connectivity index (χ4v) is 2.99. The molecule has 2 aromatic carbocycles. The van der Waals surface area contributed by atoms with E-state index in [9.17, 15) is 9.59 Å². The number of allylic oxidation sites excluding steroid dienone is 1. The van der Waals surface area contributed by atoms with Crippen molar-refractivity contribution >= 4 is 23.6 Å². The van der Waals surface area contributed by atoms with E-state index in [1.807, 2.05) is 61.5 Å². The molecule has 0 unspecified atom stereocenters. The zero-order chi connectivity index (χ0) is 18.0. The average molecular weight is 333 g/mol. The third kappa shape index (κ3) is 3.11. The minimum Gasteiger partial charge on any atom is -0.465 e. The Morgan fingerprint density at radius 3 is 2.40 bits per heavy atom. The van der Waals surface area contributed by atoms with Gasteiger partial charge < -0.3 is 4.74 Å². The van der Waals surface area contributed by atoms with E-state index in [2.05, 4.69) is 0 Å². The summed E-state index contributed by atoms with van der Waals surface area (Å²) in [6, 6.07) is 17.1. The van der Waals surface area contributed by atoms with Gasteiger partial charge in [-0.2, -0.15) is 0 Å². The quantitative estimate of drug-likeness (QED) is 0.633. The van der Waals surface area contributed by atoms with Crippen LogP contribution < -0.4 is 4.90 Å². The van der Waals surface area contributed by atoms with Crippen molar-refractivity contribution in [1.82, 2.24) is 0 Å². The number of para-hydroxylation sites is 1. The average Bonchev–Trinajstić information content (AvgIpc) is 2.85. The fraction of sp³-hybridized carbons (Fsp3) is 0.143. The Kier molecular flexibility index (Phi) is 4.52.